The minimum atomic E-state index is 0. The Morgan fingerprint density at radius 3 is 2.37 bits per heavy atom. The highest BCUT2D eigenvalue weighted by Crippen LogP contribution is 2.20. The predicted molar refractivity (Wildman–Crippen MR) is 124 cm³/mol. The van der Waals surface area contributed by atoms with Crippen molar-refractivity contribution in [3.05, 3.63) is 34.9 Å². The molecule has 1 aromatic rings. The van der Waals surface area contributed by atoms with Crippen molar-refractivity contribution in [3.63, 3.8) is 0 Å². The summed E-state index contributed by atoms with van der Waals surface area (Å²) in [7, 11) is 1.71. The molecule has 1 aliphatic heterocycles. The van der Waals surface area contributed by atoms with Crippen molar-refractivity contribution < 1.29 is 4.79 Å². The number of aliphatic imine (C=N–C) groups is 1. The molecule has 152 valence electrons. The van der Waals surface area contributed by atoms with E-state index in [-0.39, 0.29) is 29.9 Å². The van der Waals surface area contributed by atoms with Gasteiger partial charge in [-0.3, -0.25) is 9.79 Å². The first-order chi connectivity index (χ1) is 12.5. The van der Waals surface area contributed by atoms with E-state index in [1.165, 1.54) is 16.7 Å². The van der Waals surface area contributed by atoms with Crippen LogP contribution in [0.2, 0.25) is 0 Å². The summed E-state index contributed by atoms with van der Waals surface area (Å²) >= 11 is 0. The van der Waals surface area contributed by atoms with Gasteiger partial charge in [0.05, 0.1) is 0 Å². The van der Waals surface area contributed by atoms with Crippen LogP contribution in [0.4, 0.5) is 0 Å². The topological polar surface area (TPSA) is 56.7 Å². The Morgan fingerprint density at radius 1 is 1.19 bits per heavy atom. The van der Waals surface area contributed by atoms with Crippen molar-refractivity contribution in [2.75, 3.05) is 33.2 Å². The number of rotatable bonds is 6. The lowest BCUT2D eigenvalue weighted by Gasteiger charge is -2.34. The minimum Gasteiger partial charge on any atom is -0.359 e. The van der Waals surface area contributed by atoms with Gasteiger partial charge in [0.1, 0.15) is 0 Å². The molecule has 0 radical (unpaired) electrons. The normalized spacial score (nSPS) is 15.3. The molecule has 0 atom stereocenters. The van der Waals surface area contributed by atoms with E-state index >= 15 is 0 Å². The molecule has 0 unspecified atom stereocenters. The van der Waals surface area contributed by atoms with Crippen LogP contribution in [0.3, 0.4) is 0 Å². The fraction of sp³-hybridized carbons (Fsp3) is 0.619. The maximum atomic E-state index is 11.6. The van der Waals surface area contributed by atoms with Gasteiger partial charge in [-0.1, -0.05) is 29.3 Å². The van der Waals surface area contributed by atoms with Gasteiger partial charge in [-0.2, -0.15) is 0 Å². The zero-order chi connectivity index (χ0) is 18.9. The number of benzene rings is 1. The number of likely N-dealkylation sites (tertiary alicyclic amines) is 1. The molecular formula is C21H35IN4O. The molecule has 1 fully saturated rings. The van der Waals surface area contributed by atoms with Crippen molar-refractivity contribution in [2.24, 2.45) is 10.9 Å². The third-order valence-electron chi connectivity index (χ3n) is 4.95. The van der Waals surface area contributed by atoms with E-state index in [1.807, 2.05) is 0 Å². The van der Waals surface area contributed by atoms with Crippen LogP contribution in [-0.2, 0) is 11.2 Å². The van der Waals surface area contributed by atoms with E-state index in [0.29, 0.717) is 12.3 Å². The molecule has 5 nitrogen and oxygen atoms in total. The maximum absolute atomic E-state index is 11.6. The Morgan fingerprint density at radius 2 is 1.81 bits per heavy atom. The average Bonchev–Trinajstić information content (AvgIpc) is 2.61. The van der Waals surface area contributed by atoms with Crippen molar-refractivity contribution >= 4 is 35.8 Å². The second-order valence-corrected chi connectivity index (χ2v) is 7.29. The molecular weight excluding hydrogens is 451 g/mol. The highest BCUT2D eigenvalue weighted by atomic mass is 127. The standard InChI is InChI=1S/C21H34N4O.HI/c1-5-23-21(24-9-6-19-13-16(2)12-17(3)14-19)25-10-7-18(8-11-25)15-20(26)22-4;/h12-14,18H,5-11,15H2,1-4H3,(H,22,26)(H,23,24);1H. The highest BCUT2D eigenvalue weighted by Gasteiger charge is 2.22. The van der Waals surface area contributed by atoms with Crippen LogP contribution >= 0.6 is 24.0 Å². The van der Waals surface area contributed by atoms with Gasteiger partial charge in [0.25, 0.3) is 0 Å². The second kappa shape index (κ2) is 12.2. The van der Waals surface area contributed by atoms with Crippen LogP contribution in [0.15, 0.2) is 23.2 Å². The van der Waals surface area contributed by atoms with Gasteiger partial charge in [0.2, 0.25) is 5.91 Å². The van der Waals surface area contributed by atoms with Gasteiger partial charge in [0, 0.05) is 39.6 Å². The maximum Gasteiger partial charge on any atom is 0.220 e. The number of carbonyl (C=O) groups is 1. The molecule has 2 N–H and O–H groups in total. The van der Waals surface area contributed by atoms with Crippen LogP contribution in [0.5, 0.6) is 0 Å². The number of hydrogen-bond acceptors (Lipinski definition) is 2. The Kier molecular flexibility index (Phi) is 10.7. The molecule has 0 saturated carbocycles. The first-order valence-corrected chi connectivity index (χ1v) is 9.82. The number of nitrogens with zero attached hydrogens (tertiary/aromatic N) is 2. The molecule has 0 aliphatic carbocycles. The molecule has 1 aliphatic rings. The highest BCUT2D eigenvalue weighted by molar-refractivity contribution is 14.0. The molecule has 0 aromatic heterocycles. The number of aryl methyl sites for hydroxylation is 2. The van der Waals surface area contributed by atoms with Crippen LogP contribution in [0.25, 0.3) is 0 Å². The van der Waals surface area contributed by atoms with Crippen LogP contribution in [0, 0.1) is 19.8 Å². The molecule has 2 rings (SSSR count). The number of hydrogen-bond donors (Lipinski definition) is 2. The lowest BCUT2D eigenvalue weighted by Crippen LogP contribution is -2.46. The van der Waals surface area contributed by atoms with Crippen molar-refractivity contribution in [1.29, 1.82) is 0 Å². The van der Waals surface area contributed by atoms with Crippen molar-refractivity contribution in [3.8, 4) is 0 Å². The fourth-order valence-corrected chi connectivity index (χ4v) is 3.64. The second-order valence-electron chi connectivity index (χ2n) is 7.29. The number of piperidine rings is 1. The average molecular weight is 486 g/mol. The number of amides is 1. The van der Waals surface area contributed by atoms with Gasteiger partial charge in [-0.15, -0.1) is 24.0 Å². The van der Waals surface area contributed by atoms with Crippen molar-refractivity contribution in [2.45, 2.75) is 46.5 Å². The fourth-order valence-electron chi connectivity index (χ4n) is 3.64. The SMILES string of the molecule is CCNC(=NCCc1cc(C)cc(C)c1)N1CCC(CC(=O)NC)CC1.I. The molecule has 6 heteroatoms. The Hall–Kier alpha value is -1.31. The number of halogens is 1. The van der Waals surface area contributed by atoms with Gasteiger partial charge in [-0.25, -0.2) is 0 Å². The summed E-state index contributed by atoms with van der Waals surface area (Å²) in [5, 5.41) is 6.15. The molecule has 0 bridgehead atoms. The summed E-state index contributed by atoms with van der Waals surface area (Å²) in [5.74, 6) is 1.65. The van der Waals surface area contributed by atoms with E-state index in [4.69, 9.17) is 4.99 Å². The quantitative estimate of drug-likeness (QED) is 0.369. The van der Waals surface area contributed by atoms with E-state index in [9.17, 15) is 4.79 Å². The summed E-state index contributed by atoms with van der Waals surface area (Å²) in [4.78, 5) is 18.7. The predicted octanol–water partition coefficient (Wildman–Crippen LogP) is 3.28. The first-order valence-electron chi connectivity index (χ1n) is 9.82. The summed E-state index contributed by atoms with van der Waals surface area (Å²) in [5.41, 5.74) is 3.98. The van der Waals surface area contributed by atoms with Crippen LogP contribution in [-0.4, -0.2) is 50.0 Å². The van der Waals surface area contributed by atoms with E-state index < -0.39 is 0 Å². The Bertz CT molecular complexity index is 604. The molecule has 27 heavy (non-hydrogen) atoms. The largest absolute Gasteiger partial charge is 0.359 e. The third-order valence-corrected chi connectivity index (χ3v) is 4.95. The van der Waals surface area contributed by atoms with E-state index in [2.05, 4.69) is 54.5 Å². The summed E-state index contributed by atoms with van der Waals surface area (Å²) in [6, 6.07) is 6.71. The molecule has 1 aromatic carbocycles. The summed E-state index contributed by atoms with van der Waals surface area (Å²) in [6.07, 6.45) is 3.71. The molecule has 1 saturated heterocycles. The summed E-state index contributed by atoms with van der Waals surface area (Å²) < 4.78 is 0. The van der Waals surface area contributed by atoms with E-state index in [1.54, 1.807) is 7.05 Å². The van der Waals surface area contributed by atoms with Gasteiger partial charge < -0.3 is 15.5 Å². The van der Waals surface area contributed by atoms with Crippen LogP contribution in [0.1, 0.15) is 42.9 Å². The zero-order valence-electron chi connectivity index (χ0n) is 17.2. The van der Waals surface area contributed by atoms with Gasteiger partial charge in [0.15, 0.2) is 5.96 Å². The molecule has 1 amide bonds. The molecule has 0 spiro atoms. The lowest BCUT2D eigenvalue weighted by molar-refractivity contribution is -0.121. The number of carbonyl (C=O) groups excluding carboxylic acids is 1. The zero-order valence-corrected chi connectivity index (χ0v) is 19.5. The van der Waals surface area contributed by atoms with Gasteiger partial charge in [-0.05, 0) is 51.5 Å². The van der Waals surface area contributed by atoms with Gasteiger partial charge >= 0.3 is 0 Å². The third kappa shape index (κ3) is 8.07. The number of guanidine groups is 1. The van der Waals surface area contributed by atoms with E-state index in [0.717, 1.165) is 51.4 Å². The summed E-state index contributed by atoms with van der Waals surface area (Å²) in [6.45, 7) is 10.0. The number of nitrogens with one attached hydrogen (secondary N) is 2. The minimum absolute atomic E-state index is 0. The van der Waals surface area contributed by atoms with Crippen molar-refractivity contribution in [1.82, 2.24) is 15.5 Å². The Labute approximate surface area is 181 Å². The Balaban J connectivity index is 0.00000364. The smallest absolute Gasteiger partial charge is 0.220 e. The monoisotopic (exact) mass is 486 g/mol. The first kappa shape index (κ1) is 23.7. The molecule has 1 heterocycles. The van der Waals surface area contributed by atoms with Crippen LogP contribution < -0.4 is 10.6 Å². The lowest BCUT2D eigenvalue weighted by atomic mass is 9.93.